The molecule has 0 fully saturated rings. The van der Waals surface area contributed by atoms with Crippen molar-refractivity contribution in [2.75, 3.05) is 24.0 Å². The van der Waals surface area contributed by atoms with Crippen molar-refractivity contribution in [2.45, 2.75) is 37.5 Å². The van der Waals surface area contributed by atoms with Gasteiger partial charge < -0.3 is 10.1 Å². The number of hydrogen-bond donors (Lipinski definition) is 1. The molecule has 0 radical (unpaired) electrons. The molecular formula is C22H25ClN2O5S. The number of unbranched alkanes of at least 4 members (excludes halogenated alkanes) is 1. The molecule has 0 saturated heterocycles. The summed E-state index contributed by atoms with van der Waals surface area (Å²) in [4.78, 5) is 24.2. The van der Waals surface area contributed by atoms with Crippen LogP contribution in [0.25, 0.3) is 0 Å². The summed E-state index contributed by atoms with van der Waals surface area (Å²) >= 11 is 6.12. The minimum absolute atomic E-state index is 0.0504. The van der Waals surface area contributed by atoms with Gasteiger partial charge in [-0.15, -0.1) is 0 Å². The van der Waals surface area contributed by atoms with Gasteiger partial charge in [0.1, 0.15) is 0 Å². The van der Waals surface area contributed by atoms with Crippen LogP contribution in [0.4, 0.5) is 5.69 Å². The van der Waals surface area contributed by atoms with E-state index in [4.69, 9.17) is 16.3 Å². The van der Waals surface area contributed by atoms with Gasteiger partial charge in [-0.05, 0) is 49.1 Å². The summed E-state index contributed by atoms with van der Waals surface area (Å²) in [6, 6.07) is 11.3. The van der Waals surface area contributed by atoms with Crippen molar-refractivity contribution in [3.8, 4) is 0 Å². The average Bonchev–Trinajstić information content (AvgIpc) is 2.77. The van der Waals surface area contributed by atoms with Gasteiger partial charge in [-0.3, -0.25) is 9.10 Å². The molecule has 2 aromatic rings. The van der Waals surface area contributed by atoms with Gasteiger partial charge in [-0.1, -0.05) is 43.1 Å². The number of ether oxygens (including phenoxy) is 1. The number of para-hydroxylation sites is 1. The summed E-state index contributed by atoms with van der Waals surface area (Å²) < 4.78 is 33.0. The van der Waals surface area contributed by atoms with Crippen LogP contribution in [-0.2, 0) is 26.0 Å². The van der Waals surface area contributed by atoms with E-state index in [1.807, 2.05) is 19.1 Å². The number of rotatable bonds is 8. The first-order valence-electron chi connectivity index (χ1n) is 10.2. The van der Waals surface area contributed by atoms with E-state index in [0.29, 0.717) is 25.2 Å². The van der Waals surface area contributed by atoms with E-state index >= 15 is 0 Å². The van der Waals surface area contributed by atoms with Crippen LogP contribution in [0.3, 0.4) is 0 Å². The van der Waals surface area contributed by atoms with E-state index in [2.05, 4.69) is 5.32 Å². The lowest BCUT2D eigenvalue weighted by Crippen LogP contribution is -2.35. The summed E-state index contributed by atoms with van der Waals surface area (Å²) in [5.41, 5.74) is 1.49. The maximum Gasteiger partial charge on any atom is 0.340 e. The van der Waals surface area contributed by atoms with Crippen LogP contribution in [-0.4, -0.2) is 40.0 Å². The van der Waals surface area contributed by atoms with E-state index in [1.165, 1.54) is 22.5 Å². The molecule has 7 nitrogen and oxygen atoms in total. The Balaban J connectivity index is 1.79. The largest absolute Gasteiger partial charge is 0.452 e. The van der Waals surface area contributed by atoms with Crippen molar-refractivity contribution < 1.29 is 22.7 Å². The van der Waals surface area contributed by atoms with Gasteiger partial charge in [0, 0.05) is 13.1 Å². The van der Waals surface area contributed by atoms with Gasteiger partial charge >= 0.3 is 5.97 Å². The lowest BCUT2D eigenvalue weighted by atomic mass is 10.0. The van der Waals surface area contributed by atoms with Crippen LogP contribution in [0.2, 0.25) is 5.02 Å². The first kappa shape index (κ1) is 23.1. The minimum atomic E-state index is -3.91. The smallest absolute Gasteiger partial charge is 0.340 e. The number of esters is 1. The van der Waals surface area contributed by atoms with Crippen LogP contribution < -0.4 is 9.62 Å². The summed E-state index contributed by atoms with van der Waals surface area (Å²) in [5, 5.41) is 2.69. The molecule has 0 atom stereocenters. The topological polar surface area (TPSA) is 92.8 Å². The molecule has 3 rings (SSSR count). The summed E-state index contributed by atoms with van der Waals surface area (Å²) in [6.07, 6.45) is 3.26. The quantitative estimate of drug-likeness (QED) is 0.476. The minimum Gasteiger partial charge on any atom is -0.452 e. The van der Waals surface area contributed by atoms with E-state index in [1.54, 1.807) is 12.1 Å². The number of anilines is 1. The number of fused-ring (bicyclic) bond motifs is 1. The number of nitrogens with zero attached hydrogens (tertiary/aromatic N) is 1. The van der Waals surface area contributed by atoms with Crippen molar-refractivity contribution in [1.82, 2.24) is 5.32 Å². The fourth-order valence-corrected chi connectivity index (χ4v) is 5.12. The highest BCUT2D eigenvalue weighted by molar-refractivity contribution is 7.92. The molecule has 1 N–H and O–H groups in total. The monoisotopic (exact) mass is 464 g/mol. The Hall–Kier alpha value is -2.58. The molecule has 0 aliphatic carbocycles. The zero-order chi connectivity index (χ0) is 22.4. The Morgan fingerprint density at radius 1 is 1.19 bits per heavy atom. The second-order valence-electron chi connectivity index (χ2n) is 7.23. The highest BCUT2D eigenvalue weighted by atomic mass is 35.5. The molecule has 0 unspecified atom stereocenters. The number of sulfonamides is 1. The molecule has 2 aromatic carbocycles. The van der Waals surface area contributed by atoms with Gasteiger partial charge in [0.2, 0.25) is 0 Å². The number of nitrogens with one attached hydrogen (secondary N) is 1. The van der Waals surface area contributed by atoms with Crippen LogP contribution in [0.15, 0.2) is 47.4 Å². The summed E-state index contributed by atoms with van der Waals surface area (Å²) in [5.74, 6) is -1.28. The Morgan fingerprint density at radius 2 is 1.97 bits per heavy atom. The van der Waals surface area contributed by atoms with Crippen molar-refractivity contribution >= 4 is 39.2 Å². The molecule has 0 bridgehead atoms. The van der Waals surface area contributed by atoms with E-state index in [0.717, 1.165) is 24.8 Å². The Bertz CT molecular complexity index is 1070. The van der Waals surface area contributed by atoms with Crippen molar-refractivity contribution in [2.24, 2.45) is 0 Å². The van der Waals surface area contributed by atoms with Crippen LogP contribution >= 0.6 is 11.6 Å². The van der Waals surface area contributed by atoms with Gasteiger partial charge in [0.25, 0.3) is 15.9 Å². The van der Waals surface area contributed by atoms with E-state index in [-0.39, 0.29) is 15.5 Å². The summed E-state index contributed by atoms with van der Waals surface area (Å²) in [6.45, 7) is 2.38. The maximum atomic E-state index is 13.3. The molecule has 0 saturated carbocycles. The summed E-state index contributed by atoms with van der Waals surface area (Å²) in [7, 11) is -3.91. The molecule has 0 aromatic heterocycles. The van der Waals surface area contributed by atoms with Crippen LogP contribution in [0, 0.1) is 0 Å². The molecule has 31 heavy (non-hydrogen) atoms. The zero-order valence-corrected chi connectivity index (χ0v) is 18.8. The lowest BCUT2D eigenvalue weighted by molar-refractivity contribution is -0.124. The number of carbonyl (C=O) groups excluding carboxylic acids is 2. The second-order valence-corrected chi connectivity index (χ2v) is 9.50. The predicted molar refractivity (Wildman–Crippen MR) is 119 cm³/mol. The van der Waals surface area contributed by atoms with Crippen LogP contribution in [0.5, 0.6) is 0 Å². The van der Waals surface area contributed by atoms with Gasteiger partial charge in [0.05, 0.1) is 21.2 Å². The molecule has 166 valence electrons. The number of hydrogen-bond acceptors (Lipinski definition) is 5. The SMILES string of the molecule is CCCCNC(=O)COC(=O)c1cc(S(=O)(=O)N2CCCc3ccccc32)ccc1Cl. The third-order valence-corrected chi connectivity index (χ3v) is 7.14. The van der Waals surface area contributed by atoms with Crippen molar-refractivity contribution in [1.29, 1.82) is 0 Å². The predicted octanol–water partition coefficient (Wildman–Crippen LogP) is 3.55. The highest BCUT2D eigenvalue weighted by Gasteiger charge is 2.30. The number of halogens is 1. The number of aryl methyl sites for hydroxylation is 1. The molecule has 1 heterocycles. The normalized spacial score (nSPS) is 13.4. The fraction of sp³-hybridized carbons (Fsp3) is 0.364. The molecule has 1 aliphatic heterocycles. The fourth-order valence-electron chi connectivity index (χ4n) is 3.36. The Labute approximate surface area is 187 Å². The second kappa shape index (κ2) is 10.2. The van der Waals surface area contributed by atoms with Crippen molar-refractivity contribution in [3.05, 3.63) is 58.6 Å². The van der Waals surface area contributed by atoms with Crippen LogP contribution in [0.1, 0.15) is 42.1 Å². The first-order chi connectivity index (χ1) is 14.8. The number of amides is 1. The molecule has 1 aliphatic rings. The third kappa shape index (κ3) is 5.37. The maximum absolute atomic E-state index is 13.3. The molecule has 0 spiro atoms. The Kier molecular flexibility index (Phi) is 7.56. The first-order valence-corrected chi connectivity index (χ1v) is 12.0. The van der Waals surface area contributed by atoms with E-state index < -0.39 is 28.5 Å². The molecule has 1 amide bonds. The zero-order valence-electron chi connectivity index (χ0n) is 17.3. The highest BCUT2D eigenvalue weighted by Crippen LogP contribution is 2.32. The Morgan fingerprint density at radius 3 is 2.74 bits per heavy atom. The standard InChI is InChI=1S/C22H25ClN2O5S/c1-2-3-12-24-21(26)15-30-22(27)18-14-17(10-11-19(18)23)31(28,29)25-13-6-8-16-7-4-5-9-20(16)25/h4-5,7,9-11,14H,2-3,6,8,12-13,15H2,1H3,(H,24,26). The molecular weight excluding hydrogens is 440 g/mol. The third-order valence-electron chi connectivity index (χ3n) is 5.00. The number of carbonyl (C=O) groups is 2. The van der Waals surface area contributed by atoms with E-state index in [9.17, 15) is 18.0 Å². The molecule has 9 heteroatoms. The van der Waals surface area contributed by atoms with Gasteiger partial charge in [-0.25, -0.2) is 13.2 Å². The average molecular weight is 465 g/mol. The van der Waals surface area contributed by atoms with Gasteiger partial charge in [0.15, 0.2) is 6.61 Å². The lowest BCUT2D eigenvalue weighted by Gasteiger charge is -2.30. The van der Waals surface area contributed by atoms with Crippen molar-refractivity contribution in [3.63, 3.8) is 0 Å². The van der Waals surface area contributed by atoms with Gasteiger partial charge in [-0.2, -0.15) is 0 Å². The number of benzene rings is 2.